The molecule has 4 nitrogen and oxygen atoms in total. The van der Waals surface area contributed by atoms with Crippen LogP contribution in [0.25, 0.3) is 0 Å². The Morgan fingerprint density at radius 3 is 2.75 bits per heavy atom. The van der Waals surface area contributed by atoms with Crippen LogP contribution in [0, 0.1) is 5.92 Å². The maximum absolute atomic E-state index is 11.5. The highest BCUT2D eigenvalue weighted by Crippen LogP contribution is 2.27. The number of fused-ring (bicyclic) bond motifs is 2. The zero-order valence-corrected chi connectivity index (χ0v) is 10.4. The quantitative estimate of drug-likeness (QED) is 0.764. The van der Waals surface area contributed by atoms with Gasteiger partial charge in [-0.3, -0.25) is 9.69 Å². The summed E-state index contributed by atoms with van der Waals surface area (Å²) in [5.74, 6) is 0.217. The van der Waals surface area contributed by atoms with Crippen molar-refractivity contribution in [3.8, 4) is 0 Å². The topological polar surface area (TPSA) is 41.6 Å². The van der Waals surface area contributed by atoms with Gasteiger partial charge in [0.2, 0.25) is 5.91 Å². The van der Waals surface area contributed by atoms with Crippen LogP contribution in [-0.4, -0.2) is 48.7 Å². The van der Waals surface area contributed by atoms with E-state index < -0.39 is 0 Å². The van der Waals surface area contributed by atoms with E-state index >= 15 is 0 Å². The Morgan fingerprint density at radius 2 is 2.25 bits per heavy atom. The molecule has 2 fully saturated rings. The number of rotatable bonds is 4. The van der Waals surface area contributed by atoms with Crippen molar-refractivity contribution < 1.29 is 9.53 Å². The predicted octanol–water partition coefficient (Wildman–Crippen LogP) is 0.620. The van der Waals surface area contributed by atoms with Crippen molar-refractivity contribution in [2.24, 2.45) is 5.92 Å². The van der Waals surface area contributed by atoms with Crippen molar-refractivity contribution in [1.82, 2.24) is 10.2 Å². The second-order valence-electron chi connectivity index (χ2n) is 5.36. The van der Waals surface area contributed by atoms with Gasteiger partial charge >= 0.3 is 0 Å². The molecule has 0 aliphatic carbocycles. The van der Waals surface area contributed by atoms with Crippen LogP contribution in [0.4, 0.5) is 0 Å². The molecule has 2 rings (SSSR count). The monoisotopic (exact) mass is 226 g/mol. The van der Waals surface area contributed by atoms with Crippen LogP contribution in [0.2, 0.25) is 0 Å². The third-order valence-corrected chi connectivity index (χ3v) is 3.44. The zero-order valence-electron chi connectivity index (χ0n) is 10.4. The number of nitrogens with one attached hydrogen (secondary N) is 1. The van der Waals surface area contributed by atoms with E-state index in [2.05, 4.69) is 17.1 Å². The first-order valence-corrected chi connectivity index (χ1v) is 6.22. The third-order valence-electron chi connectivity index (χ3n) is 3.44. The molecule has 4 heteroatoms. The van der Waals surface area contributed by atoms with Gasteiger partial charge in [-0.25, -0.2) is 0 Å². The van der Waals surface area contributed by atoms with Gasteiger partial charge < -0.3 is 10.1 Å². The summed E-state index contributed by atoms with van der Waals surface area (Å²) < 4.78 is 5.55. The van der Waals surface area contributed by atoms with Crippen LogP contribution < -0.4 is 5.32 Å². The van der Waals surface area contributed by atoms with Gasteiger partial charge in [0.15, 0.2) is 0 Å². The fourth-order valence-corrected chi connectivity index (χ4v) is 2.51. The van der Waals surface area contributed by atoms with Gasteiger partial charge in [0.25, 0.3) is 0 Å². The molecule has 1 amide bonds. The molecule has 2 heterocycles. The summed E-state index contributed by atoms with van der Waals surface area (Å²) in [6.07, 6.45) is 1.61. The van der Waals surface area contributed by atoms with Gasteiger partial charge in [0.05, 0.1) is 12.7 Å². The average Bonchev–Trinajstić information content (AvgIpc) is 2.78. The minimum atomic E-state index is 0.0702. The van der Waals surface area contributed by atoms with Gasteiger partial charge in [-0.05, 0) is 13.3 Å². The molecule has 92 valence electrons. The second kappa shape index (κ2) is 4.72. The maximum atomic E-state index is 11.5. The Hall–Kier alpha value is -0.610. The summed E-state index contributed by atoms with van der Waals surface area (Å²) in [5.41, 5.74) is 0. The number of nitrogens with zero attached hydrogens (tertiary/aromatic N) is 1. The van der Waals surface area contributed by atoms with E-state index in [1.165, 1.54) is 6.42 Å². The molecule has 2 bridgehead atoms. The van der Waals surface area contributed by atoms with Gasteiger partial charge in [0.1, 0.15) is 0 Å². The molecular weight excluding hydrogens is 204 g/mol. The van der Waals surface area contributed by atoms with Gasteiger partial charge in [-0.2, -0.15) is 0 Å². The number of likely N-dealkylation sites (tertiary alicyclic amines) is 1. The molecule has 1 N–H and O–H groups in total. The van der Waals surface area contributed by atoms with Crippen LogP contribution in [-0.2, 0) is 9.53 Å². The van der Waals surface area contributed by atoms with E-state index in [0.29, 0.717) is 12.1 Å². The first-order chi connectivity index (χ1) is 7.56. The van der Waals surface area contributed by atoms with Crippen molar-refractivity contribution >= 4 is 5.91 Å². The first kappa shape index (κ1) is 11.9. The smallest absolute Gasteiger partial charge is 0.222 e. The highest BCUT2D eigenvalue weighted by Gasteiger charge is 2.39. The summed E-state index contributed by atoms with van der Waals surface area (Å²) in [4.78, 5) is 14.0. The highest BCUT2D eigenvalue weighted by molar-refractivity contribution is 5.78. The van der Waals surface area contributed by atoms with Gasteiger partial charge in [0, 0.05) is 31.1 Å². The van der Waals surface area contributed by atoms with Crippen LogP contribution in [0.3, 0.4) is 0 Å². The Morgan fingerprint density at radius 1 is 1.50 bits per heavy atom. The SMILES string of the molecule is CC(C)C(=O)N[C@H](C)CN1C[C@H]2C[C@@H]1CO2. The molecule has 0 aromatic heterocycles. The Bertz CT molecular complexity index is 268. The number of amides is 1. The maximum Gasteiger partial charge on any atom is 0.222 e. The molecule has 0 aromatic rings. The number of carbonyl (C=O) groups excluding carboxylic acids is 1. The lowest BCUT2D eigenvalue weighted by molar-refractivity contribution is -0.124. The highest BCUT2D eigenvalue weighted by atomic mass is 16.5. The average molecular weight is 226 g/mol. The Kier molecular flexibility index (Phi) is 3.50. The fraction of sp³-hybridized carbons (Fsp3) is 0.917. The van der Waals surface area contributed by atoms with Crippen molar-refractivity contribution in [2.45, 2.75) is 45.4 Å². The first-order valence-electron chi connectivity index (χ1n) is 6.22. The summed E-state index contributed by atoms with van der Waals surface area (Å²) in [5, 5.41) is 3.04. The molecule has 0 spiro atoms. The lowest BCUT2D eigenvalue weighted by atomic mass is 10.2. The van der Waals surface area contributed by atoms with Crippen LogP contribution in [0.5, 0.6) is 0 Å². The van der Waals surface area contributed by atoms with E-state index in [-0.39, 0.29) is 17.9 Å². The summed E-state index contributed by atoms with van der Waals surface area (Å²) in [7, 11) is 0. The number of ether oxygens (including phenoxy) is 1. The molecule has 2 aliphatic heterocycles. The van der Waals surface area contributed by atoms with E-state index in [9.17, 15) is 4.79 Å². The van der Waals surface area contributed by atoms with Crippen molar-refractivity contribution in [3.05, 3.63) is 0 Å². The molecule has 2 aliphatic rings. The van der Waals surface area contributed by atoms with Crippen LogP contribution >= 0.6 is 0 Å². The number of carbonyl (C=O) groups is 1. The molecule has 0 saturated carbocycles. The third kappa shape index (κ3) is 2.55. The van der Waals surface area contributed by atoms with Gasteiger partial charge in [-0.15, -0.1) is 0 Å². The van der Waals surface area contributed by atoms with E-state index in [1.54, 1.807) is 0 Å². The summed E-state index contributed by atoms with van der Waals surface area (Å²) >= 11 is 0. The molecule has 2 saturated heterocycles. The summed E-state index contributed by atoms with van der Waals surface area (Å²) in [6, 6.07) is 0.817. The number of hydrogen-bond acceptors (Lipinski definition) is 3. The largest absolute Gasteiger partial charge is 0.375 e. The van der Waals surface area contributed by atoms with Gasteiger partial charge in [-0.1, -0.05) is 13.8 Å². The molecular formula is C12H22N2O2. The number of hydrogen-bond donors (Lipinski definition) is 1. The Labute approximate surface area is 97.3 Å². The predicted molar refractivity (Wildman–Crippen MR) is 62.2 cm³/mol. The minimum absolute atomic E-state index is 0.0702. The molecule has 0 aromatic carbocycles. The lowest BCUT2D eigenvalue weighted by Crippen LogP contribution is -2.47. The van der Waals surface area contributed by atoms with Crippen molar-refractivity contribution in [3.63, 3.8) is 0 Å². The number of morpholine rings is 1. The van der Waals surface area contributed by atoms with Crippen molar-refractivity contribution in [2.75, 3.05) is 19.7 Å². The molecule has 16 heavy (non-hydrogen) atoms. The second-order valence-corrected chi connectivity index (χ2v) is 5.36. The van der Waals surface area contributed by atoms with Crippen LogP contribution in [0.1, 0.15) is 27.2 Å². The fourth-order valence-electron chi connectivity index (χ4n) is 2.51. The van der Waals surface area contributed by atoms with E-state index in [1.807, 2.05) is 13.8 Å². The molecule has 0 unspecified atom stereocenters. The lowest BCUT2D eigenvalue weighted by Gasteiger charge is -2.29. The van der Waals surface area contributed by atoms with E-state index in [4.69, 9.17) is 4.74 Å². The Balaban J connectivity index is 1.75. The molecule has 3 atom stereocenters. The van der Waals surface area contributed by atoms with Crippen molar-refractivity contribution in [1.29, 1.82) is 0 Å². The van der Waals surface area contributed by atoms with E-state index in [0.717, 1.165) is 19.7 Å². The normalized spacial score (nSPS) is 31.0. The minimum Gasteiger partial charge on any atom is -0.375 e. The standard InChI is InChI=1S/C12H22N2O2/c1-8(2)12(15)13-9(3)5-14-6-11-4-10(14)7-16-11/h8-11H,4-7H2,1-3H3,(H,13,15)/t9-,10-,11-/m1/s1. The molecule has 0 radical (unpaired) electrons. The van der Waals surface area contributed by atoms with Crippen LogP contribution in [0.15, 0.2) is 0 Å². The zero-order chi connectivity index (χ0) is 11.7. The summed E-state index contributed by atoms with van der Waals surface area (Å²) in [6.45, 7) is 8.78.